The van der Waals surface area contributed by atoms with Crippen molar-refractivity contribution in [3.63, 3.8) is 0 Å². The van der Waals surface area contributed by atoms with Gasteiger partial charge in [-0.05, 0) is 39.5 Å². The molecule has 0 fully saturated rings. The van der Waals surface area contributed by atoms with Crippen molar-refractivity contribution >= 4 is 17.8 Å². The second kappa shape index (κ2) is 16.0. The Morgan fingerprint density at radius 1 is 1.05 bits per heavy atom. The van der Waals surface area contributed by atoms with Gasteiger partial charge in [-0.3, -0.25) is 4.79 Å². The number of hydrazine groups is 1. The van der Waals surface area contributed by atoms with Gasteiger partial charge in [-0.1, -0.05) is 20.5 Å². The molecule has 1 amide bonds. The van der Waals surface area contributed by atoms with Gasteiger partial charge in [0.15, 0.2) is 0 Å². The van der Waals surface area contributed by atoms with Gasteiger partial charge in [0, 0.05) is 31.4 Å². The average Bonchev–Trinajstić information content (AvgIpc) is 2.92. The number of ether oxygens (including phenoxy) is 2. The molecule has 38 heavy (non-hydrogen) atoms. The SMILES string of the molecule is [N-]=[N+]=NCCOC(=O)CN/C=C1/C=C(N(N)C(=O)OC(CN=[N+]=[N-])(CN=[N+]=[N-])CN=[N+]=[N-])C(N=O)=CC1=N. The van der Waals surface area contributed by atoms with Crippen LogP contribution >= 0.6 is 0 Å². The fraction of sp³-hybridized carbons (Fsp3) is 0.438. The van der Waals surface area contributed by atoms with Crippen molar-refractivity contribution < 1.29 is 19.1 Å². The van der Waals surface area contributed by atoms with Gasteiger partial charge in [0.05, 0.1) is 44.2 Å². The van der Waals surface area contributed by atoms with Crippen molar-refractivity contribution in [1.82, 2.24) is 10.3 Å². The molecule has 0 heterocycles. The summed E-state index contributed by atoms with van der Waals surface area (Å²) in [5.74, 6) is 5.13. The maximum Gasteiger partial charge on any atom is 0.429 e. The minimum Gasteiger partial charge on any atom is -0.464 e. The number of nitrogens with two attached hydrogens (primary N) is 1. The number of carbonyl (C=O) groups is 2. The number of azide groups is 4. The molecule has 4 N–H and O–H groups in total. The van der Waals surface area contributed by atoms with Crippen LogP contribution in [0.15, 0.2) is 61.0 Å². The minimum absolute atomic E-state index is 0.0509. The van der Waals surface area contributed by atoms with Crippen LogP contribution in [-0.2, 0) is 14.3 Å². The van der Waals surface area contributed by atoms with Gasteiger partial charge < -0.3 is 20.2 Å². The molecule has 0 aromatic carbocycles. The number of allylic oxidation sites excluding steroid dienone is 3. The summed E-state index contributed by atoms with van der Waals surface area (Å²) in [5.41, 5.74) is 31.3. The number of carbonyl (C=O) groups excluding carboxylic acids is 2. The van der Waals surface area contributed by atoms with Gasteiger partial charge in [-0.25, -0.2) is 15.6 Å². The van der Waals surface area contributed by atoms with E-state index in [1.54, 1.807) is 0 Å². The summed E-state index contributed by atoms with van der Waals surface area (Å²) >= 11 is 0. The lowest BCUT2D eigenvalue weighted by atomic mass is 10.0. The first-order valence-electron chi connectivity index (χ1n) is 10.0. The van der Waals surface area contributed by atoms with Gasteiger partial charge in [-0.2, -0.15) is 0 Å². The third-order valence-corrected chi connectivity index (χ3v) is 4.29. The highest BCUT2D eigenvalue weighted by Gasteiger charge is 2.36. The van der Waals surface area contributed by atoms with Gasteiger partial charge in [0.1, 0.15) is 17.8 Å². The smallest absolute Gasteiger partial charge is 0.429 e. The van der Waals surface area contributed by atoms with Crippen molar-refractivity contribution in [1.29, 1.82) is 5.41 Å². The molecule has 22 heteroatoms. The summed E-state index contributed by atoms with van der Waals surface area (Å²) in [4.78, 5) is 46.0. The molecule has 0 aromatic heterocycles. The van der Waals surface area contributed by atoms with Crippen LogP contribution in [0.25, 0.3) is 41.8 Å². The predicted molar refractivity (Wildman–Crippen MR) is 128 cm³/mol. The number of nitroso groups, excluding NO2 is 1. The Balaban J connectivity index is 3.16. The second-order valence-electron chi connectivity index (χ2n) is 6.81. The standard InChI is InChI=1S/C16H19N17O5/c17-11-4-12(28-36)13(3-10(11)5-23-6-14(34)37-2-1-24-29-18)33(22)15(35)38-16(7-25-30-19,8-26-31-20)9-27-32-21/h3-5,17,23H,1-2,6-9,22H2/b10-5-,17-11?. The Labute approximate surface area is 211 Å². The topological polar surface area (TPSA) is 342 Å². The van der Waals surface area contributed by atoms with Crippen LogP contribution in [0.5, 0.6) is 0 Å². The number of nitrogens with one attached hydrogen (secondary N) is 2. The first-order chi connectivity index (χ1) is 18.3. The van der Waals surface area contributed by atoms with Crippen molar-refractivity contribution in [3.8, 4) is 0 Å². The Hall–Kier alpha value is -5.77. The van der Waals surface area contributed by atoms with Crippen molar-refractivity contribution in [2.24, 2.45) is 31.5 Å². The Kier molecular flexibility index (Phi) is 12.7. The van der Waals surface area contributed by atoms with E-state index < -0.39 is 43.0 Å². The van der Waals surface area contributed by atoms with E-state index >= 15 is 0 Å². The van der Waals surface area contributed by atoms with Crippen LogP contribution in [0.2, 0.25) is 0 Å². The molecule has 0 aromatic rings. The van der Waals surface area contributed by atoms with Gasteiger partial charge >= 0.3 is 12.1 Å². The molecule has 0 radical (unpaired) electrons. The second-order valence-corrected chi connectivity index (χ2v) is 6.81. The maximum absolute atomic E-state index is 12.8. The van der Waals surface area contributed by atoms with Crippen LogP contribution in [0, 0.1) is 10.3 Å². The zero-order chi connectivity index (χ0) is 28.4. The molecule has 22 nitrogen and oxygen atoms in total. The fourth-order valence-corrected chi connectivity index (χ4v) is 2.58. The average molecular weight is 529 g/mol. The molecular weight excluding hydrogens is 510 g/mol. The zero-order valence-electron chi connectivity index (χ0n) is 19.4. The van der Waals surface area contributed by atoms with Gasteiger partial charge in [0.25, 0.3) is 0 Å². The molecule has 0 bridgehead atoms. The van der Waals surface area contributed by atoms with Crippen LogP contribution in [0.1, 0.15) is 0 Å². The highest BCUT2D eigenvalue weighted by Crippen LogP contribution is 2.25. The molecular formula is C16H19N17O5. The van der Waals surface area contributed by atoms with Crippen LogP contribution < -0.4 is 11.2 Å². The van der Waals surface area contributed by atoms with E-state index in [1.165, 1.54) is 6.20 Å². The van der Waals surface area contributed by atoms with Crippen molar-refractivity contribution in [3.05, 3.63) is 82.0 Å². The first-order valence-corrected chi connectivity index (χ1v) is 10.0. The molecule has 198 valence electrons. The van der Waals surface area contributed by atoms with Crippen molar-refractivity contribution in [2.45, 2.75) is 5.60 Å². The number of amides is 1. The molecule has 0 atom stereocenters. The van der Waals surface area contributed by atoms with Crippen LogP contribution in [0.4, 0.5) is 4.79 Å². The summed E-state index contributed by atoms with van der Waals surface area (Å²) in [5, 5.41) is 26.7. The monoisotopic (exact) mass is 529 g/mol. The van der Waals surface area contributed by atoms with E-state index in [2.05, 4.69) is 50.6 Å². The number of hydrogen-bond donors (Lipinski definition) is 3. The van der Waals surface area contributed by atoms with E-state index in [1.807, 2.05) is 0 Å². The summed E-state index contributed by atoms with van der Waals surface area (Å²) < 4.78 is 10.1. The quantitative estimate of drug-likeness (QED) is 0.0327. The highest BCUT2D eigenvalue weighted by atomic mass is 16.6. The Morgan fingerprint density at radius 2 is 1.63 bits per heavy atom. The molecule has 0 aliphatic heterocycles. The number of hydrogen-bond acceptors (Lipinski definition) is 13. The first kappa shape index (κ1) is 30.3. The van der Waals surface area contributed by atoms with Gasteiger partial charge in [0.2, 0.25) is 0 Å². The number of esters is 1. The minimum atomic E-state index is -1.92. The summed E-state index contributed by atoms with van der Waals surface area (Å²) in [6.45, 7) is -2.34. The zero-order valence-corrected chi connectivity index (χ0v) is 19.4. The number of nitrogens with zero attached hydrogens (tertiary/aromatic N) is 14. The molecule has 0 saturated carbocycles. The lowest BCUT2D eigenvalue weighted by Gasteiger charge is -2.32. The summed E-state index contributed by atoms with van der Waals surface area (Å²) in [6.07, 6.45) is 1.93. The van der Waals surface area contributed by atoms with E-state index in [-0.39, 0.29) is 36.7 Å². The van der Waals surface area contributed by atoms with E-state index in [0.29, 0.717) is 5.01 Å². The van der Waals surface area contributed by atoms with E-state index in [9.17, 15) is 14.5 Å². The maximum atomic E-state index is 12.8. The van der Waals surface area contributed by atoms with Crippen molar-refractivity contribution in [2.75, 3.05) is 39.3 Å². The van der Waals surface area contributed by atoms with E-state index in [4.69, 9.17) is 42.9 Å². The molecule has 0 unspecified atom stereocenters. The van der Waals surface area contributed by atoms with Gasteiger partial charge in [-0.15, -0.1) is 4.91 Å². The lowest BCUT2D eigenvalue weighted by Crippen LogP contribution is -2.49. The molecule has 1 aliphatic rings. The van der Waals surface area contributed by atoms with Crippen LogP contribution in [0.3, 0.4) is 0 Å². The predicted octanol–water partition coefficient (Wildman–Crippen LogP) is 2.86. The van der Waals surface area contributed by atoms with E-state index in [0.717, 1.165) is 12.2 Å². The summed E-state index contributed by atoms with van der Waals surface area (Å²) in [6, 6.07) is 0. The number of rotatable bonds is 15. The third kappa shape index (κ3) is 9.47. The molecule has 0 saturated heterocycles. The molecule has 1 rings (SSSR count). The molecule has 1 aliphatic carbocycles. The Bertz CT molecular complexity index is 1180. The molecule has 0 spiro atoms. The summed E-state index contributed by atoms with van der Waals surface area (Å²) in [7, 11) is 0. The lowest BCUT2D eigenvalue weighted by molar-refractivity contribution is -0.142. The highest BCUT2D eigenvalue weighted by molar-refractivity contribution is 6.10. The fourth-order valence-electron chi connectivity index (χ4n) is 2.58. The third-order valence-electron chi connectivity index (χ3n) is 4.29. The largest absolute Gasteiger partial charge is 0.464 e. The van der Waals surface area contributed by atoms with Crippen LogP contribution in [-0.4, -0.2) is 67.7 Å². The normalized spacial score (nSPS) is 14.4. The Morgan fingerprint density at radius 3 is 2.16 bits per heavy atom.